The van der Waals surface area contributed by atoms with Crippen molar-refractivity contribution in [3.05, 3.63) is 42.2 Å². The third-order valence-corrected chi connectivity index (χ3v) is 6.24. The van der Waals surface area contributed by atoms with E-state index in [9.17, 15) is 4.39 Å². The van der Waals surface area contributed by atoms with Crippen molar-refractivity contribution in [2.45, 2.75) is 104 Å². The molecular formula is C28H43FN2O. The maximum absolute atomic E-state index is 14.0. The van der Waals surface area contributed by atoms with E-state index in [4.69, 9.17) is 4.74 Å². The van der Waals surface area contributed by atoms with E-state index >= 15 is 0 Å². The zero-order valence-corrected chi connectivity index (χ0v) is 20.5. The van der Waals surface area contributed by atoms with Crippen LogP contribution in [0, 0.1) is 5.92 Å². The first-order chi connectivity index (χ1) is 15.6. The lowest BCUT2D eigenvalue weighted by atomic mass is 10.0. The van der Waals surface area contributed by atoms with Crippen LogP contribution in [0.5, 0.6) is 5.75 Å². The average molecular weight is 443 g/mol. The minimum atomic E-state index is -0.916. The van der Waals surface area contributed by atoms with Crippen molar-refractivity contribution in [2.24, 2.45) is 5.92 Å². The van der Waals surface area contributed by atoms with Gasteiger partial charge >= 0.3 is 0 Å². The summed E-state index contributed by atoms with van der Waals surface area (Å²) >= 11 is 0. The molecule has 4 heteroatoms. The number of hydrogen-bond acceptors (Lipinski definition) is 3. The molecule has 0 spiro atoms. The van der Waals surface area contributed by atoms with Crippen LogP contribution >= 0.6 is 0 Å². The molecular weight excluding hydrogens is 399 g/mol. The van der Waals surface area contributed by atoms with Gasteiger partial charge in [0.25, 0.3) is 0 Å². The van der Waals surface area contributed by atoms with Crippen LogP contribution in [0.1, 0.15) is 97.0 Å². The number of benzene rings is 1. The fourth-order valence-corrected chi connectivity index (χ4v) is 3.74. The van der Waals surface area contributed by atoms with Gasteiger partial charge in [0.05, 0.1) is 0 Å². The highest BCUT2D eigenvalue weighted by atomic mass is 19.1. The molecule has 0 aliphatic heterocycles. The second kappa shape index (κ2) is 15.8. The Kier molecular flexibility index (Phi) is 13.0. The van der Waals surface area contributed by atoms with Gasteiger partial charge < -0.3 is 4.74 Å². The Labute approximate surface area is 195 Å². The molecule has 2 aromatic rings. The minimum Gasteiger partial charge on any atom is -0.491 e. The van der Waals surface area contributed by atoms with Gasteiger partial charge in [0.2, 0.25) is 0 Å². The van der Waals surface area contributed by atoms with Crippen molar-refractivity contribution in [1.82, 2.24) is 9.97 Å². The number of aromatic nitrogens is 2. The molecule has 0 radical (unpaired) electrons. The van der Waals surface area contributed by atoms with E-state index in [2.05, 4.69) is 30.7 Å². The summed E-state index contributed by atoms with van der Waals surface area (Å²) in [5, 5.41) is 0. The largest absolute Gasteiger partial charge is 0.491 e. The van der Waals surface area contributed by atoms with Gasteiger partial charge in [-0.1, -0.05) is 72.1 Å². The molecule has 1 aromatic carbocycles. The number of ether oxygens (including phenoxy) is 1. The van der Waals surface area contributed by atoms with Crippen LogP contribution in [0.2, 0.25) is 0 Å². The lowest BCUT2D eigenvalue weighted by Crippen LogP contribution is -2.14. The molecule has 0 aliphatic carbocycles. The first-order valence-corrected chi connectivity index (χ1v) is 12.8. The molecule has 1 heterocycles. The predicted molar refractivity (Wildman–Crippen MR) is 133 cm³/mol. The fourth-order valence-electron chi connectivity index (χ4n) is 3.74. The lowest BCUT2D eigenvalue weighted by Gasteiger charge is -2.13. The third kappa shape index (κ3) is 10.6. The van der Waals surface area contributed by atoms with E-state index in [1.165, 1.54) is 56.9 Å². The molecule has 2 atom stereocenters. The molecule has 0 saturated heterocycles. The summed E-state index contributed by atoms with van der Waals surface area (Å²) in [6.07, 6.45) is 17.2. The molecule has 0 amide bonds. The summed E-state index contributed by atoms with van der Waals surface area (Å²) in [5.74, 6) is 1.97. The van der Waals surface area contributed by atoms with Gasteiger partial charge in [-0.2, -0.15) is 0 Å². The molecule has 1 aromatic heterocycles. The van der Waals surface area contributed by atoms with Gasteiger partial charge in [-0.05, 0) is 61.4 Å². The Balaban J connectivity index is 1.69. The maximum atomic E-state index is 14.0. The standard InChI is InChI=1S/C28H43FN2O/c1-4-6-7-8-9-10-11-12-13-24-20-30-28(31-21-24)25-15-18-27(19-16-25)32-22-26(29)17-14-23(3)5-2/h15-16,18-21,23,26H,4-14,17,22H2,1-3H3/t23-,26+/m0/s1. The topological polar surface area (TPSA) is 35.0 Å². The predicted octanol–water partition coefficient (Wildman–Crippen LogP) is 8.37. The zero-order chi connectivity index (χ0) is 23.0. The summed E-state index contributed by atoms with van der Waals surface area (Å²) < 4.78 is 19.6. The number of aryl methyl sites for hydroxylation is 1. The third-order valence-electron chi connectivity index (χ3n) is 6.24. The van der Waals surface area contributed by atoms with Crippen LogP contribution in [-0.4, -0.2) is 22.7 Å². The fraction of sp³-hybridized carbons (Fsp3) is 0.643. The molecule has 0 unspecified atom stereocenters. The number of alkyl halides is 1. The van der Waals surface area contributed by atoms with Crippen LogP contribution in [0.25, 0.3) is 11.4 Å². The van der Waals surface area contributed by atoms with Crippen LogP contribution in [0.4, 0.5) is 4.39 Å². The summed E-state index contributed by atoms with van der Waals surface area (Å²) in [6, 6.07) is 7.62. The van der Waals surface area contributed by atoms with Gasteiger partial charge in [0.1, 0.15) is 18.5 Å². The quantitative estimate of drug-likeness (QED) is 0.231. The molecule has 0 fully saturated rings. The summed E-state index contributed by atoms with van der Waals surface area (Å²) in [6.45, 7) is 6.68. The Morgan fingerprint density at radius 1 is 0.844 bits per heavy atom. The Bertz CT molecular complexity index is 717. The number of rotatable bonds is 17. The maximum Gasteiger partial charge on any atom is 0.159 e. The lowest BCUT2D eigenvalue weighted by molar-refractivity contribution is 0.179. The Morgan fingerprint density at radius 3 is 2.09 bits per heavy atom. The summed E-state index contributed by atoms with van der Waals surface area (Å²) in [7, 11) is 0. The van der Waals surface area contributed by atoms with E-state index in [0.717, 1.165) is 24.8 Å². The molecule has 0 aliphatic rings. The summed E-state index contributed by atoms with van der Waals surface area (Å²) in [4.78, 5) is 9.08. The highest BCUT2D eigenvalue weighted by Crippen LogP contribution is 2.21. The van der Waals surface area contributed by atoms with Crippen molar-refractivity contribution in [3.63, 3.8) is 0 Å². The Hall–Kier alpha value is -1.97. The van der Waals surface area contributed by atoms with Crippen molar-refractivity contribution >= 4 is 0 Å². The molecule has 0 saturated carbocycles. The van der Waals surface area contributed by atoms with Crippen molar-refractivity contribution < 1.29 is 9.13 Å². The first kappa shape index (κ1) is 26.3. The molecule has 3 nitrogen and oxygen atoms in total. The highest BCUT2D eigenvalue weighted by Gasteiger charge is 2.10. The molecule has 2 rings (SSSR count). The summed E-state index contributed by atoms with van der Waals surface area (Å²) in [5.41, 5.74) is 2.15. The van der Waals surface area contributed by atoms with Crippen molar-refractivity contribution in [3.8, 4) is 17.1 Å². The van der Waals surface area contributed by atoms with Crippen LogP contribution in [0.15, 0.2) is 36.7 Å². The van der Waals surface area contributed by atoms with Gasteiger partial charge in [-0.3, -0.25) is 0 Å². The van der Waals surface area contributed by atoms with Crippen LogP contribution in [0.3, 0.4) is 0 Å². The number of halogens is 1. The zero-order valence-electron chi connectivity index (χ0n) is 20.5. The van der Waals surface area contributed by atoms with Crippen LogP contribution < -0.4 is 4.74 Å². The van der Waals surface area contributed by atoms with Gasteiger partial charge in [0, 0.05) is 18.0 Å². The van der Waals surface area contributed by atoms with Crippen molar-refractivity contribution in [2.75, 3.05) is 6.61 Å². The van der Waals surface area contributed by atoms with Gasteiger partial charge in [-0.15, -0.1) is 0 Å². The number of unbranched alkanes of at least 4 members (excludes halogenated alkanes) is 7. The van der Waals surface area contributed by atoms with Crippen LogP contribution in [-0.2, 0) is 6.42 Å². The molecule has 32 heavy (non-hydrogen) atoms. The van der Waals surface area contributed by atoms with E-state index < -0.39 is 6.17 Å². The first-order valence-electron chi connectivity index (χ1n) is 12.8. The normalized spacial score (nSPS) is 13.1. The highest BCUT2D eigenvalue weighted by molar-refractivity contribution is 5.55. The molecule has 0 N–H and O–H groups in total. The SMILES string of the molecule is CCCCCCCCCCc1cnc(-c2ccc(OC[C@H](F)CC[C@@H](C)CC)cc2)nc1. The average Bonchev–Trinajstić information content (AvgIpc) is 2.83. The second-order valence-corrected chi connectivity index (χ2v) is 9.16. The number of hydrogen-bond donors (Lipinski definition) is 0. The number of nitrogens with zero attached hydrogens (tertiary/aromatic N) is 2. The molecule has 0 bridgehead atoms. The molecule has 178 valence electrons. The minimum absolute atomic E-state index is 0.111. The van der Waals surface area contributed by atoms with E-state index in [1.54, 1.807) is 0 Å². The second-order valence-electron chi connectivity index (χ2n) is 9.16. The van der Waals surface area contributed by atoms with Crippen molar-refractivity contribution in [1.29, 1.82) is 0 Å². The van der Waals surface area contributed by atoms with Gasteiger partial charge in [-0.25, -0.2) is 14.4 Å². The van der Waals surface area contributed by atoms with E-state index in [-0.39, 0.29) is 6.61 Å². The van der Waals surface area contributed by atoms with Gasteiger partial charge in [0.15, 0.2) is 5.82 Å². The van der Waals surface area contributed by atoms with E-state index in [0.29, 0.717) is 23.9 Å². The Morgan fingerprint density at radius 2 is 1.47 bits per heavy atom. The van der Waals surface area contributed by atoms with E-state index in [1.807, 2.05) is 36.7 Å². The smallest absolute Gasteiger partial charge is 0.159 e. The monoisotopic (exact) mass is 442 g/mol.